The molecule has 0 aliphatic carbocycles. The van der Waals surface area contributed by atoms with Crippen LogP contribution in [0, 0.1) is 0 Å². The van der Waals surface area contributed by atoms with Gasteiger partial charge < -0.3 is 10.5 Å². The molecule has 0 saturated heterocycles. The van der Waals surface area contributed by atoms with Crippen LogP contribution in [0.4, 0.5) is 5.69 Å². The number of benzene rings is 1. The van der Waals surface area contributed by atoms with E-state index in [-0.39, 0.29) is 10.6 Å². The van der Waals surface area contributed by atoms with Crippen molar-refractivity contribution in [3.05, 3.63) is 28.8 Å². The Morgan fingerprint density at radius 1 is 1.37 bits per heavy atom. The third-order valence-electron chi connectivity index (χ3n) is 2.92. The summed E-state index contributed by atoms with van der Waals surface area (Å²) in [7, 11) is -2.15. The van der Waals surface area contributed by atoms with E-state index in [9.17, 15) is 8.42 Å². The molecule has 1 heterocycles. The zero-order valence-corrected chi connectivity index (χ0v) is 12.9. The smallest absolute Gasteiger partial charge is 0.247 e. The van der Waals surface area contributed by atoms with Gasteiger partial charge in [0.1, 0.15) is 10.6 Å². The van der Waals surface area contributed by atoms with Crippen molar-refractivity contribution in [1.29, 1.82) is 0 Å². The fourth-order valence-corrected chi connectivity index (χ4v) is 3.79. The van der Waals surface area contributed by atoms with Gasteiger partial charge in [-0.3, -0.25) is 0 Å². The molecule has 0 unspecified atom stereocenters. The third-order valence-corrected chi connectivity index (χ3v) is 5.49. The van der Waals surface area contributed by atoms with Crippen molar-refractivity contribution in [2.45, 2.75) is 11.3 Å². The van der Waals surface area contributed by atoms with Gasteiger partial charge in [-0.25, -0.2) is 8.42 Å². The van der Waals surface area contributed by atoms with Gasteiger partial charge in [0.2, 0.25) is 10.0 Å². The van der Waals surface area contributed by atoms with Crippen LogP contribution in [-0.4, -0.2) is 32.9 Å². The first kappa shape index (κ1) is 14.4. The van der Waals surface area contributed by atoms with Gasteiger partial charge in [-0.2, -0.15) is 4.31 Å². The molecule has 0 saturated carbocycles. The Morgan fingerprint density at radius 2 is 2.11 bits per heavy atom. The summed E-state index contributed by atoms with van der Waals surface area (Å²) < 4.78 is 32.3. The highest BCUT2D eigenvalue weighted by Gasteiger charge is 2.28. The molecular weight excluding hydrogens is 332 g/mol. The molecule has 0 fully saturated rings. The first-order valence-electron chi connectivity index (χ1n) is 5.75. The lowest BCUT2D eigenvalue weighted by molar-refractivity contribution is 0.394. The number of nitrogen functional groups attached to an aromatic ring is 1. The maximum absolute atomic E-state index is 12.6. The molecule has 0 aromatic heterocycles. The number of anilines is 1. The number of hydrogen-bond acceptors (Lipinski definition) is 4. The van der Waals surface area contributed by atoms with Crippen molar-refractivity contribution in [2.75, 3.05) is 25.9 Å². The summed E-state index contributed by atoms with van der Waals surface area (Å²) in [5.74, 6) is 0.288. The largest absolute Gasteiger partial charge is 0.495 e. The standard InChI is InChI=1S/C12H15BrN2O3S/c1-18-11-7-9(13)10(14)8-12(11)19(16,17)15-5-3-2-4-6-15/h2-3,7-8H,4-6,14H2,1H3. The molecule has 19 heavy (non-hydrogen) atoms. The molecule has 0 radical (unpaired) electrons. The quantitative estimate of drug-likeness (QED) is 0.670. The molecular formula is C12H15BrN2O3S. The van der Waals surface area contributed by atoms with E-state index in [1.165, 1.54) is 17.5 Å². The summed E-state index contributed by atoms with van der Waals surface area (Å²) in [5, 5.41) is 0. The van der Waals surface area contributed by atoms with Gasteiger partial charge in [0.05, 0.1) is 7.11 Å². The highest BCUT2D eigenvalue weighted by Crippen LogP contribution is 2.34. The van der Waals surface area contributed by atoms with Crippen LogP contribution in [0.2, 0.25) is 0 Å². The van der Waals surface area contributed by atoms with E-state index >= 15 is 0 Å². The van der Waals surface area contributed by atoms with Gasteiger partial charge in [-0.15, -0.1) is 0 Å². The molecule has 2 N–H and O–H groups in total. The van der Waals surface area contributed by atoms with Crippen molar-refractivity contribution in [3.8, 4) is 5.75 Å². The summed E-state index contributed by atoms with van der Waals surface area (Å²) in [5.41, 5.74) is 6.14. The minimum absolute atomic E-state index is 0.103. The minimum atomic E-state index is -3.59. The molecule has 0 spiro atoms. The first-order valence-corrected chi connectivity index (χ1v) is 7.98. The molecule has 7 heteroatoms. The molecule has 5 nitrogen and oxygen atoms in total. The summed E-state index contributed by atoms with van der Waals surface area (Å²) in [6, 6.07) is 3.00. The molecule has 0 bridgehead atoms. The molecule has 1 aliphatic rings. The van der Waals surface area contributed by atoms with E-state index < -0.39 is 10.0 Å². The lowest BCUT2D eigenvalue weighted by Crippen LogP contribution is -2.34. The van der Waals surface area contributed by atoms with E-state index in [2.05, 4.69) is 15.9 Å². The Bertz CT molecular complexity index is 614. The summed E-state index contributed by atoms with van der Waals surface area (Å²) in [6.45, 7) is 0.847. The number of sulfonamides is 1. The molecule has 0 amide bonds. The topological polar surface area (TPSA) is 72.6 Å². The number of halogens is 1. The Morgan fingerprint density at radius 3 is 2.68 bits per heavy atom. The van der Waals surface area contributed by atoms with Gasteiger partial charge in [0.15, 0.2) is 0 Å². The van der Waals surface area contributed by atoms with Gasteiger partial charge in [0.25, 0.3) is 0 Å². The van der Waals surface area contributed by atoms with Gasteiger partial charge in [-0.05, 0) is 34.5 Å². The Kier molecular flexibility index (Phi) is 4.17. The number of ether oxygens (including phenoxy) is 1. The summed E-state index contributed by atoms with van der Waals surface area (Å²) >= 11 is 3.26. The van der Waals surface area contributed by atoms with Gasteiger partial charge in [0, 0.05) is 23.2 Å². The molecule has 104 valence electrons. The van der Waals surface area contributed by atoms with Gasteiger partial charge in [-0.1, -0.05) is 12.2 Å². The van der Waals surface area contributed by atoms with E-state index in [0.717, 1.165) is 0 Å². The van der Waals surface area contributed by atoms with Crippen LogP contribution in [0.15, 0.2) is 33.7 Å². The number of rotatable bonds is 3. The Hall–Kier alpha value is -1.05. The highest BCUT2D eigenvalue weighted by atomic mass is 79.9. The number of hydrogen-bond donors (Lipinski definition) is 1. The highest BCUT2D eigenvalue weighted by molar-refractivity contribution is 9.10. The third kappa shape index (κ3) is 2.77. The van der Waals surface area contributed by atoms with Crippen LogP contribution in [0.3, 0.4) is 0 Å². The van der Waals surface area contributed by atoms with Crippen molar-refractivity contribution in [3.63, 3.8) is 0 Å². The summed E-state index contributed by atoms with van der Waals surface area (Å²) in [4.78, 5) is 0.103. The second kappa shape index (κ2) is 5.52. The van der Waals surface area contributed by atoms with Crippen molar-refractivity contribution in [1.82, 2.24) is 4.31 Å². The monoisotopic (exact) mass is 346 g/mol. The Labute approximate surface area is 121 Å². The fraction of sp³-hybridized carbons (Fsp3) is 0.333. The van der Waals surface area contributed by atoms with Crippen LogP contribution in [-0.2, 0) is 10.0 Å². The maximum atomic E-state index is 12.6. The van der Waals surface area contributed by atoms with Crippen LogP contribution in [0.25, 0.3) is 0 Å². The average Bonchev–Trinajstić information content (AvgIpc) is 2.42. The van der Waals surface area contributed by atoms with E-state index in [0.29, 0.717) is 29.7 Å². The number of methoxy groups -OCH3 is 1. The molecule has 0 atom stereocenters. The van der Waals surface area contributed by atoms with Crippen LogP contribution >= 0.6 is 15.9 Å². The molecule has 2 rings (SSSR count). The number of nitrogens with two attached hydrogens (primary N) is 1. The predicted octanol–water partition coefficient (Wildman–Crippen LogP) is 1.99. The van der Waals surface area contributed by atoms with Crippen molar-refractivity contribution >= 4 is 31.6 Å². The maximum Gasteiger partial charge on any atom is 0.247 e. The van der Waals surface area contributed by atoms with Crippen LogP contribution < -0.4 is 10.5 Å². The predicted molar refractivity (Wildman–Crippen MR) is 77.6 cm³/mol. The fourth-order valence-electron chi connectivity index (χ4n) is 1.89. The van der Waals surface area contributed by atoms with Crippen LogP contribution in [0.5, 0.6) is 5.75 Å². The average molecular weight is 347 g/mol. The SMILES string of the molecule is COc1cc(Br)c(N)cc1S(=O)(=O)N1CC=CCC1. The lowest BCUT2D eigenvalue weighted by Gasteiger charge is -2.24. The summed E-state index contributed by atoms with van der Waals surface area (Å²) in [6.07, 6.45) is 4.53. The molecule has 1 aromatic rings. The van der Waals surface area contributed by atoms with Crippen molar-refractivity contribution in [2.24, 2.45) is 0 Å². The molecule has 1 aliphatic heterocycles. The minimum Gasteiger partial charge on any atom is -0.495 e. The number of nitrogens with zero attached hydrogens (tertiary/aromatic N) is 1. The van der Waals surface area contributed by atoms with Crippen molar-refractivity contribution < 1.29 is 13.2 Å². The second-order valence-electron chi connectivity index (χ2n) is 4.15. The Balaban J connectivity index is 2.50. The zero-order valence-electron chi connectivity index (χ0n) is 10.5. The van der Waals surface area contributed by atoms with E-state index in [1.807, 2.05) is 12.2 Å². The van der Waals surface area contributed by atoms with E-state index in [1.54, 1.807) is 6.07 Å². The zero-order chi connectivity index (χ0) is 14.0. The lowest BCUT2D eigenvalue weighted by atomic mass is 10.3. The van der Waals surface area contributed by atoms with Gasteiger partial charge >= 0.3 is 0 Å². The van der Waals surface area contributed by atoms with Crippen LogP contribution in [0.1, 0.15) is 6.42 Å². The van der Waals surface area contributed by atoms with E-state index in [4.69, 9.17) is 10.5 Å². The molecule has 1 aromatic carbocycles. The second-order valence-corrected chi connectivity index (χ2v) is 6.91. The first-order chi connectivity index (χ1) is 8.96. The normalized spacial score (nSPS) is 16.5.